The lowest BCUT2D eigenvalue weighted by Crippen LogP contribution is -2.42. The van der Waals surface area contributed by atoms with Crippen LogP contribution in [0.2, 0.25) is 0 Å². The first kappa shape index (κ1) is 10.8. The maximum absolute atomic E-state index is 11.5. The van der Waals surface area contributed by atoms with Crippen molar-refractivity contribution < 1.29 is 9.53 Å². The predicted molar refractivity (Wildman–Crippen MR) is 64.7 cm³/mol. The number of nitriles is 1. The molecule has 86 valence electrons. The zero-order valence-corrected chi connectivity index (χ0v) is 10.7. The smallest absolute Gasteiger partial charge is 0.136 e. The van der Waals surface area contributed by atoms with E-state index in [9.17, 15) is 10.1 Å². The fraction of sp³-hybridized carbons (Fsp3) is 0.385. The Morgan fingerprint density at radius 1 is 1.53 bits per heavy atom. The number of ketones is 1. The molecule has 1 aliphatic carbocycles. The zero-order chi connectivity index (χ0) is 12.0. The Balaban J connectivity index is 2.15. The van der Waals surface area contributed by atoms with Gasteiger partial charge in [0.2, 0.25) is 0 Å². The highest BCUT2D eigenvalue weighted by molar-refractivity contribution is 9.10. The van der Waals surface area contributed by atoms with Crippen LogP contribution in [0, 0.1) is 11.3 Å². The van der Waals surface area contributed by atoms with E-state index < -0.39 is 5.41 Å². The number of ether oxygens (including phenoxy) is 1. The number of carbonyl (C=O) groups is 1. The molecule has 0 radical (unpaired) electrons. The Morgan fingerprint density at radius 3 is 3.12 bits per heavy atom. The number of fused-ring (bicyclic) bond motifs is 3. The molecule has 3 rings (SSSR count). The van der Waals surface area contributed by atoms with Crippen molar-refractivity contribution in [1.82, 2.24) is 0 Å². The van der Waals surface area contributed by atoms with Gasteiger partial charge < -0.3 is 4.74 Å². The summed E-state index contributed by atoms with van der Waals surface area (Å²) in [5.41, 5.74) is 0.291. The number of rotatable bonds is 0. The number of hydrogen-bond acceptors (Lipinski definition) is 3. The maximum Gasteiger partial charge on any atom is 0.136 e. The third-order valence-electron chi connectivity index (χ3n) is 3.65. The number of halogens is 1. The van der Waals surface area contributed by atoms with E-state index in [0.717, 1.165) is 15.8 Å². The fourth-order valence-electron chi connectivity index (χ4n) is 2.73. The van der Waals surface area contributed by atoms with Gasteiger partial charge in [0.1, 0.15) is 23.1 Å². The molecule has 4 heteroatoms. The normalized spacial score (nSPS) is 30.1. The van der Waals surface area contributed by atoms with Crippen LogP contribution < -0.4 is 4.74 Å². The second-order valence-corrected chi connectivity index (χ2v) is 5.49. The van der Waals surface area contributed by atoms with Crippen LogP contribution in [0.5, 0.6) is 5.75 Å². The molecular weight excluding hydrogens is 282 g/mol. The molecule has 0 unspecified atom stereocenters. The lowest BCUT2D eigenvalue weighted by molar-refractivity contribution is -0.123. The van der Waals surface area contributed by atoms with Crippen LogP contribution in [0.1, 0.15) is 24.8 Å². The lowest BCUT2D eigenvalue weighted by Gasteiger charge is -2.31. The highest BCUT2D eigenvalue weighted by Crippen LogP contribution is 2.49. The summed E-state index contributed by atoms with van der Waals surface area (Å²) in [7, 11) is 0. The summed E-state index contributed by atoms with van der Waals surface area (Å²) in [6.07, 6.45) is 1.08. The molecule has 0 bridgehead atoms. The van der Waals surface area contributed by atoms with Crippen LogP contribution in [0.3, 0.4) is 0 Å². The van der Waals surface area contributed by atoms with Crippen LogP contribution in [0.25, 0.3) is 0 Å². The van der Waals surface area contributed by atoms with Crippen LogP contribution in [0.4, 0.5) is 0 Å². The topological polar surface area (TPSA) is 50.1 Å². The average Bonchev–Trinajstić information content (AvgIpc) is 2.63. The van der Waals surface area contributed by atoms with E-state index >= 15 is 0 Å². The van der Waals surface area contributed by atoms with E-state index in [1.165, 1.54) is 0 Å². The fourth-order valence-corrected chi connectivity index (χ4v) is 3.09. The quantitative estimate of drug-likeness (QED) is 0.738. The van der Waals surface area contributed by atoms with Crippen molar-refractivity contribution in [3.8, 4) is 11.8 Å². The van der Waals surface area contributed by atoms with Gasteiger partial charge in [0, 0.05) is 22.9 Å². The molecule has 2 aliphatic rings. The van der Waals surface area contributed by atoms with Crippen LogP contribution >= 0.6 is 15.9 Å². The molecule has 2 atom stereocenters. The Kier molecular flexibility index (Phi) is 2.27. The molecule has 1 heterocycles. The Labute approximate surface area is 108 Å². The standard InChI is InChI=1S/C13H10BrNO2/c14-8-1-2-11-10(5-8)13(7-15)4-3-9(16)6-12(13)17-11/h1-2,5,12H,3-4,6H2/t12-,13+/m0/s1. The van der Waals surface area contributed by atoms with Crippen LogP contribution in [0.15, 0.2) is 22.7 Å². The first-order chi connectivity index (χ1) is 8.15. The first-order valence-electron chi connectivity index (χ1n) is 5.55. The number of Topliss-reactive ketones (excluding diaryl/α,β-unsaturated/α-hetero) is 1. The van der Waals surface area contributed by atoms with Crippen LogP contribution in [-0.4, -0.2) is 11.9 Å². The van der Waals surface area contributed by atoms with Gasteiger partial charge in [0.15, 0.2) is 0 Å². The zero-order valence-electron chi connectivity index (χ0n) is 9.07. The molecule has 1 aromatic rings. The van der Waals surface area contributed by atoms with Crippen molar-refractivity contribution in [2.75, 3.05) is 0 Å². The summed E-state index contributed by atoms with van der Waals surface area (Å²) in [4.78, 5) is 11.5. The molecule has 0 aromatic heterocycles. The number of hydrogen-bond donors (Lipinski definition) is 0. The van der Waals surface area contributed by atoms with E-state index in [1.54, 1.807) is 0 Å². The molecule has 1 saturated carbocycles. The second-order valence-electron chi connectivity index (χ2n) is 4.57. The van der Waals surface area contributed by atoms with Gasteiger partial charge >= 0.3 is 0 Å². The highest BCUT2D eigenvalue weighted by atomic mass is 79.9. The van der Waals surface area contributed by atoms with E-state index in [-0.39, 0.29) is 11.9 Å². The number of benzene rings is 1. The summed E-state index contributed by atoms with van der Waals surface area (Å²) in [6.45, 7) is 0. The lowest BCUT2D eigenvalue weighted by atomic mass is 9.69. The largest absolute Gasteiger partial charge is 0.488 e. The van der Waals surface area contributed by atoms with Crippen LogP contribution in [-0.2, 0) is 10.2 Å². The van der Waals surface area contributed by atoms with Gasteiger partial charge in [-0.25, -0.2) is 0 Å². The Hall–Kier alpha value is -1.34. The van der Waals surface area contributed by atoms with Gasteiger partial charge in [-0.15, -0.1) is 0 Å². The molecule has 0 spiro atoms. The van der Waals surface area contributed by atoms with E-state index in [4.69, 9.17) is 4.74 Å². The summed E-state index contributed by atoms with van der Waals surface area (Å²) in [5.74, 6) is 0.933. The minimum absolute atomic E-state index is 0.188. The van der Waals surface area contributed by atoms with E-state index in [1.807, 2.05) is 18.2 Å². The third-order valence-corrected chi connectivity index (χ3v) is 4.15. The third kappa shape index (κ3) is 1.42. The molecule has 1 aliphatic heterocycles. The molecule has 1 fully saturated rings. The van der Waals surface area contributed by atoms with Crippen molar-refractivity contribution in [2.24, 2.45) is 0 Å². The number of nitrogens with zero attached hydrogens (tertiary/aromatic N) is 1. The highest BCUT2D eigenvalue weighted by Gasteiger charge is 2.52. The van der Waals surface area contributed by atoms with Crippen molar-refractivity contribution in [3.63, 3.8) is 0 Å². The summed E-state index contributed by atoms with van der Waals surface area (Å²) >= 11 is 3.41. The van der Waals surface area contributed by atoms with Gasteiger partial charge in [-0.1, -0.05) is 15.9 Å². The molecule has 0 amide bonds. The van der Waals surface area contributed by atoms with Crippen molar-refractivity contribution >= 4 is 21.7 Å². The summed E-state index contributed by atoms with van der Waals surface area (Å²) < 4.78 is 6.70. The first-order valence-corrected chi connectivity index (χ1v) is 6.35. The van der Waals surface area contributed by atoms with Crippen molar-refractivity contribution in [1.29, 1.82) is 5.26 Å². The van der Waals surface area contributed by atoms with Gasteiger partial charge in [0.25, 0.3) is 0 Å². The minimum atomic E-state index is -0.632. The number of carbonyl (C=O) groups excluding carboxylic acids is 1. The van der Waals surface area contributed by atoms with Gasteiger partial charge in [-0.05, 0) is 24.6 Å². The SMILES string of the molecule is N#C[C@@]12CCC(=O)C[C@@H]1Oc1ccc(Br)cc12. The Bertz CT molecular complexity index is 549. The van der Waals surface area contributed by atoms with E-state index in [0.29, 0.717) is 19.3 Å². The Morgan fingerprint density at radius 2 is 2.35 bits per heavy atom. The molecular formula is C13H10BrNO2. The van der Waals surface area contributed by atoms with Crippen molar-refractivity contribution in [3.05, 3.63) is 28.2 Å². The van der Waals surface area contributed by atoms with Crippen molar-refractivity contribution in [2.45, 2.75) is 30.8 Å². The molecule has 3 nitrogen and oxygen atoms in total. The molecule has 17 heavy (non-hydrogen) atoms. The molecule has 0 N–H and O–H groups in total. The summed E-state index contributed by atoms with van der Waals surface area (Å²) in [6, 6.07) is 8.08. The van der Waals surface area contributed by atoms with Gasteiger partial charge in [0.05, 0.1) is 6.07 Å². The average molecular weight is 292 g/mol. The second kappa shape index (κ2) is 3.58. The van der Waals surface area contributed by atoms with Gasteiger partial charge in [-0.2, -0.15) is 5.26 Å². The molecule has 1 aromatic carbocycles. The van der Waals surface area contributed by atoms with E-state index in [2.05, 4.69) is 22.0 Å². The summed E-state index contributed by atoms with van der Waals surface area (Å²) in [5, 5.41) is 9.52. The predicted octanol–water partition coefficient (Wildman–Crippen LogP) is 2.72. The minimum Gasteiger partial charge on any atom is -0.488 e. The maximum atomic E-state index is 11.5. The monoisotopic (exact) mass is 291 g/mol. The van der Waals surface area contributed by atoms with Gasteiger partial charge in [-0.3, -0.25) is 4.79 Å². The molecule has 0 saturated heterocycles.